The van der Waals surface area contributed by atoms with E-state index in [0.29, 0.717) is 29.5 Å². The van der Waals surface area contributed by atoms with Crippen molar-refractivity contribution in [2.45, 2.75) is 38.5 Å². The number of ether oxygens (including phenoxy) is 2. The molecule has 2 aromatic rings. The molecule has 1 fully saturated rings. The monoisotopic (exact) mass is 404 g/mol. The molecule has 0 spiro atoms. The standard InChI is InChI=1S/C18H21ClN6O3/c1-10(27-4)17(26)25-8-11(9-25)28-16-13-6-21-15(19)5-12(13)14(7-22-16)18(2,3)23-24-20/h5-7,10-11H,8-9H2,1-4H3. The van der Waals surface area contributed by atoms with E-state index < -0.39 is 11.6 Å². The fourth-order valence-corrected chi connectivity index (χ4v) is 3.20. The van der Waals surface area contributed by atoms with Gasteiger partial charge in [0.15, 0.2) is 0 Å². The van der Waals surface area contributed by atoms with Crippen molar-refractivity contribution >= 4 is 28.3 Å². The minimum absolute atomic E-state index is 0.0694. The Kier molecular flexibility index (Phi) is 5.60. The van der Waals surface area contributed by atoms with Crippen molar-refractivity contribution in [3.8, 4) is 5.88 Å². The number of rotatable bonds is 6. The summed E-state index contributed by atoms with van der Waals surface area (Å²) in [6, 6.07) is 1.70. The first kappa shape index (κ1) is 20.1. The molecule has 0 saturated carbocycles. The van der Waals surface area contributed by atoms with Gasteiger partial charge >= 0.3 is 0 Å². The lowest BCUT2D eigenvalue weighted by Gasteiger charge is -2.39. The van der Waals surface area contributed by atoms with Crippen LogP contribution in [0.25, 0.3) is 21.2 Å². The Morgan fingerprint density at radius 3 is 2.75 bits per heavy atom. The molecule has 0 radical (unpaired) electrons. The number of fused-ring (bicyclic) bond motifs is 1. The number of methoxy groups -OCH3 is 1. The maximum absolute atomic E-state index is 12.1. The van der Waals surface area contributed by atoms with Gasteiger partial charge in [0.2, 0.25) is 5.88 Å². The Labute approximate surface area is 167 Å². The molecule has 0 aliphatic carbocycles. The van der Waals surface area contributed by atoms with Gasteiger partial charge in [-0.3, -0.25) is 4.79 Å². The van der Waals surface area contributed by atoms with Gasteiger partial charge in [-0.1, -0.05) is 30.6 Å². The van der Waals surface area contributed by atoms with Gasteiger partial charge in [-0.05, 0) is 29.5 Å². The predicted octanol–water partition coefficient (Wildman–Crippen LogP) is 3.45. The van der Waals surface area contributed by atoms with Gasteiger partial charge in [0, 0.05) is 24.4 Å². The van der Waals surface area contributed by atoms with Crippen molar-refractivity contribution in [1.82, 2.24) is 14.9 Å². The number of pyridine rings is 2. The van der Waals surface area contributed by atoms with Crippen LogP contribution in [0.5, 0.6) is 5.88 Å². The Hall–Kier alpha value is -2.61. The van der Waals surface area contributed by atoms with Crippen LogP contribution in [0.2, 0.25) is 5.15 Å². The lowest BCUT2D eigenvalue weighted by Crippen LogP contribution is -2.58. The normalized spacial score (nSPS) is 15.7. The highest BCUT2D eigenvalue weighted by atomic mass is 35.5. The topological polar surface area (TPSA) is 113 Å². The first-order chi connectivity index (χ1) is 13.3. The van der Waals surface area contributed by atoms with Crippen LogP contribution in [0, 0.1) is 0 Å². The Balaban J connectivity index is 1.86. The minimum atomic E-state index is -0.820. The fraction of sp³-hybridized carbons (Fsp3) is 0.500. The van der Waals surface area contributed by atoms with Crippen molar-refractivity contribution in [2.24, 2.45) is 5.11 Å². The van der Waals surface area contributed by atoms with E-state index in [2.05, 4.69) is 20.0 Å². The predicted molar refractivity (Wildman–Crippen MR) is 104 cm³/mol. The quantitative estimate of drug-likeness (QED) is 0.316. The van der Waals surface area contributed by atoms with Gasteiger partial charge < -0.3 is 14.4 Å². The first-order valence-electron chi connectivity index (χ1n) is 8.76. The van der Waals surface area contributed by atoms with Gasteiger partial charge in [0.1, 0.15) is 17.4 Å². The number of carbonyl (C=O) groups is 1. The van der Waals surface area contributed by atoms with Crippen LogP contribution in [0.1, 0.15) is 26.3 Å². The highest BCUT2D eigenvalue weighted by Crippen LogP contribution is 2.36. The second-order valence-electron chi connectivity index (χ2n) is 7.14. The van der Waals surface area contributed by atoms with Crippen molar-refractivity contribution in [3.05, 3.63) is 39.6 Å². The van der Waals surface area contributed by atoms with Crippen molar-refractivity contribution in [3.63, 3.8) is 0 Å². The molecule has 1 unspecified atom stereocenters. The van der Waals surface area contributed by atoms with E-state index in [1.807, 2.05) is 0 Å². The Morgan fingerprint density at radius 2 is 2.11 bits per heavy atom. The van der Waals surface area contributed by atoms with Crippen molar-refractivity contribution in [2.75, 3.05) is 20.2 Å². The van der Waals surface area contributed by atoms with E-state index in [-0.39, 0.29) is 12.0 Å². The molecule has 3 rings (SSSR count). The molecule has 2 aromatic heterocycles. The molecule has 10 heteroatoms. The van der Waals surface area contributed by atoms with Crippen LogP contribution in [-0.2, 0) is 15.1 Å². The zero-order valence-corrected chi connectivity index (χ0v) is 16.8. The number of halogens is 1. The number of hydrogen-bond donors (Lipinski definition) is 0. The summed E-state index contributed by atoms with van der Waals surface area (Å²) in [7, 11) is 1.50. The number of nitrogens with zero attached hydrogens (tertiary/aromatic N) is 6. The molecule has 148 valence electrons. The van der Waals surface area contributed by atoms with Gasteiger partial charge in [-0.2, -0.15) is 0 Å². The molecule has 0 bridgehead atoms. The highest BCUT2D eigenvalue weighted by Gasteiger charge is 2.35. The minimum Gasteiger partial charge on any atom is -0.470 e. The third-order valence-electron chi connectivity index (χ3n) is 4.80. The van der Waals surface area contributed by atoms with Crippen LogP contribution in [-0.4, -0.2) is 53.2 Å². The number of hydrogen-bond acceptors (Lipinski definition) is 6. The summed E-state index contributed by atoms with van der Waals surface area (Å²) in [6.45, 7) is 6.23. The van der Waals surface area contributed by atoms with E-state index in [9.17, 15) is 4.79 Å². The molecule has 1 aliphatic heterocycles. The second-order valence-corrected chi connectivity index (χ2v) is 7.53. The fourth-order valence-electron chi connectivity index (χ4n) is 3.04. The maximum Gasteiger partial charge on any atom is 0.251 e. The third-order valence-corrected chi connectivity index (χ3v) is 5.00. The van der Waals surface area contributed by atoms with Crippen LogP contribution in [0.3, 0.4) is 0 Å². The zero-order chi connectivity index (χ0) is 20.5. The van der Waals surface area contributed by atoms with Crippen LogP contribution in [0.4, 0.5) is 0 Å². The van der Waals surface area contributed by atoms with Crippen LogP contribution < -0.4 is 4.74 Å². The molecule has 1 aliphatic rings. The molecule has 1 atom stereocenters. The molecule has 3 heterocycles. The smallest absolute Gasteiger partial charge is 0.251 e. The molecule has 28 heavy (non-hydrogen) atoms. The van der Waals surface area contributed by atoms with Crippen LogP contribution in [0.15, 0.2) is 23.6 Å². The zero-order valence-electron chi connectivity index (χ0n) is 16.1. The molecule has 0 N–H and O–H groups in total. The van der Waals surface area contributed by atoms with Crippen LogP contribution >= 0.6 is 11.6 Å². The second kappa shape index (κ2) is 7.79. The summed E-state index contributed by atoms with van der Waals surface area (Å²) < 4.78 is 11.0. The molecular formula is C18H21ClN6O3. The number of azide groups is 1. The van der Waals surface area contributed by atoms with E-state index in [1.165, 1.54) is 7.11 Å². The van der Waals surface area contributed by atoms with E-state index in [4.69, 9.17) is 26.6 Å². The van der Waals surface area contributed by atoms with Gasteiger partial charge in [0.05, 0.1) is 24.0 Å². The molecule has 1 saturated heterocycles. The Bertz CT molecular complexity index is 954. The van der Waals surface area contributed by atoms with Gasteiger partial charge in [0.25, 0.3) is 5.91 Å². The summed E-state index contributed by atoms with van der Waals surface area (Å²) >= 11 is 6.08. The number of amides is 1. The van der Waals surface area contributed by atoms with E-state index >= 15 is 0 Å². The average molecular weight is 405 g/mol. The summed E-state index contributed by atoms with van der Waals surface area (Å²) in [6.07, 6.45) is 2.56. The molecule has 0 aromatic carbocycles. The summed E-state index contributed by atoms with van der Waals surface area (Å²) in [5.41, 5.74) is 8.76. The van der Waals surface area contributed by atoms with Gasteiger partial charge in [-0.25, -0.2) is 9.97 Å². The lowest BCUT2D eigenvalue weighted by atomic mass is 9.93. The average Bonchev–Trinajstić information content (AvgIpc) is 2.62. The number of carbonyl (C=O) groups excluding carboxylic acids is 1. The molecular weight excluding hydrogens is 384 g/mol. The highest BCUT2D eigenvalue weighted by molar-refractivity contribution is 6.30. The molecule has 9 nitrogen and oxygen atoms in total. The van der Waals surface area contributed by atoms with E-state index in [0.717, 1.165) is 10.9 Å². The largest absolute Gasteiger partial charge is 0.470 e. The summed E-state index contributed by atoms with van der Waals surface area (Å²) in [4.78, 5) is 25.2. The number of aromatic nitrogens is 2. The van der Waals surface area contributed by atoms with E-state index in [1.54, 1.807) is 44.1 Å². The third kappa shape index (κ3) is 3.82. The van der Waals surface area contributed by atoms with Gasteiger partial charge in [-0.15, -0.1) is 0 Å². The lowest BCUT2D eigenvalue weighted by molar-refractivity contribution is -0.149. The first-order valence-corrected chi connectivity index (χ1v) is 9.14. The number of likely N-dealkylation sites (tertiary alicyclic amines) is 1. The van der Waals surface area contributed by atoms with Crippen molar-refractivity contribution in [1.29, 1.82) is 0 Å². The van der Waals surface area contributed by atoms with Crippen molar-refractivity contribution < 1.29 is 14.3 Å². The summed E-state index contributed by atoms with van der Waals surface area (Å²) in [5, 5.41) is 5.59. The summed E-state index contributed by atoms with van der Waals surface area (Å²) in [5.74, 6) is 0.330. The Morgan fingerprint density at radius 1 is 1.39 bits per heavy atom. The SMILES string of the molecule is COC(C)C(=O)N1CC(Oc2ncc(C(C)(C)N=[N+]=[N-])c3cc(Cl)ncc23)C1. The maximum atomic E-state index is 12.1. The molecule has 1 amide bonds.